The lowest BCUT2D eigenvalue weighted by molar-refractivity contribution is -0.152. The molecule has 2 amide bonds. The van der Waals surface area contributed by atoms with Crippen LogP contribution in [0.4, 0.5) is 4.79 Å². The van der Waals surface area contributed by atoms with E-state index >= 15 is 0 Å². The summed E-state index contributed by atoms with van der Waals surface area (Å²) in [6, 6.07) is 1.31. The molecule has 4 atom stereocenters. The van der Waals surface area contributed by atoms with Crippen molar-refractivity contribution < 1.29 is 33.8 Å². The van der Waals surface area contributed by atoms with Gasteiger partial charge >= 0.3 is 12.1 Å². The van der Waals surface area contributed by atoms with Gasteiger partial charge in [0.05, 0.1) is 17.6 Å². The number of aliphatic carboxylic acids is 1. The topological polar surface area (TPSA) is 135 Å². The minimum Gasteiger partial charge on any atom is -0.480 e. The van der Waals surface area contributed by atoms with Crippen molar-refractivity contribution in [3.63, 3.8) is 0 Å². The quantitative estimate of drug-likeness (QED) is 0.396. The first kappa shape index (κ1) is 32.6. The van der Waals surface area contributed by atoms with Gasteiger partial charge in [-0.05, 0) is 51.0 Å². The fourth-order valence-corrected chi connectivity index (χ4v) is 5.73. The van der Waals surface area contributed by atoms with E-state index in [1.165, 1.54) is 11.1 Å². The summed E-state index contributed by atoms with van der Waals surface area (Å²) in [5.41, 5.74) is -1.38. The van der Waals surface area contributed by atoms with Gasteiger partial charge in [-0.3, -0.25) is 9.59 Å². The Labute approximate surface area is 247 Å². The van der Waals surface area contributed by atoms with E-state index in [2.05, 4.69) is 10.3 Å². The fourth-order valence-electron chi connectivity index (χ4n) is 5.62. The Morgan fingerprint density at radius 1 is 1.10 bits per heavy atom. The molecule has 41 heavy (non-hydrogen) atoms. The maximum atomic E-state index is 14.0. The number of amides is 2. The number of aromatic nitrogens is 1. The van der Waals surface area contributed by atoms with E-state index in [9.17, 15) is 24.3 Å². The lowest BCUT2D eigenvalue weighted by atomic mass is 9.74. The van der Waals surface area contributed by atoms with E-state index in [0.717, 1.165) is 32.1 Å². The summed E-state index contributed by atoms with van der Waals surface area (Å²) < 4.78 is 11.3. The molecule has 1 saturated heterocycles. The van der Waals surface area contributed by atoms with Crippen LogP contribution in [0.25, 0.3) is 0 Å². The number of carbonyl (C=O) groups excluding carboxylic acids is 3. The first-order valence-corrected chi connectivity index (χ1v) is 14.8. The lowest BCUT2D eigenvalue weighted by Crippen LogP contribution is -2.51. The highest BCUT2D eigenvalue weighted by molar-refractivity contribution is 6.30. The first-order valence-electron chi connectivity index (χ1n) is 14.4. The Bertz CT molecular complexity index is 1090. The molecule has 2 fully saturated rings. The number of nitrogens with one attached hydrogen (secondary N) is 1. The molecule has 0 radical (unpaired) electrons. The lowest BCUT2D eigenvalue weighted by Gasteiger charge is -2.36. The number of carbonyl (C=O) groups is 4. The van der Waals surface area contributed by atoms with Gasteiger partial charge in [0.2, 0.25) is 11.8 Å². The Kier molecular flexibility index (Phi) is 10.7. The van der Waals surface area contributed by atoms with Crippen LogP contribution in [0.15, 0.2) is 18.3 Å². The summed E-state index contributed by atoms with van der Waals surface area (Å²) in [6.45, 7) is 10.9. The van der Waals surface area contributed by atoms with Crippen LogP contribution in [0.2, 0.25) is 5.02 Å². The van der Waals surface area contributed by atoms with Gasteiger partial charge in [-0.15, -0.1) is 0 Å². The van der Waals surface area contributed by atoms with Crippen LogP contribution >= 0.6 is 11.6 Å². The molecule has 228 valence electrons. The molecule has 2 aliphatic rings. The number of halogens is 1. The molecule has 0 spiro atoms. The predicted octanol–water partition coefficient (Wildman–Crippen LogP) is 5.26. The van der Waals surface area contributed by atoms with Crippen LogP contribution in [-0.2, 0) is 19.1 Å². The maximum Gasteiger partial charge on any atom is 0.408 e. The van der Waals surface area contributed by atoms with Crippen molar-refractivity contribution in [1.82, 2.24) is 15.2 Å². The molecule has 2 heterocycles. The summed E-state index contributed by atoms with van der Waals surface area (Å²) in [7, 11) is 0. The second-order valence-electron chi connectivity index (χ2n) is 13.2. The number of likely N-dealkylation sites (tertiary alicyclic amines) is 1. The SMILES string of the molecule is CC(C)(C)OC(=O)N[C@H](C(=O)C[C@H](C(=O)N1C[C@H](Oc2ccc(Cl)cn2)C[C@H]1C(=O)O)C(C)(C)C)C1CCCCC1. The third-order valence-corrected chi connectivity index (χ3v) is 7.93. The zero-order chi connectivity index (χ0) is 30.5. The Morgan fingerprint density at radius 2 is 1.76 bits per heavy atom. The number of alkyl carbamates (subject to hydrolysis) is 1. The van der Waals surface area contributed by atoms with Gasteiger partial charge < -0.3 is 24.8 Å². The van der Waals surface area contributed by atoms with Gasteiger partial charge in [0, 0.05) is 31.0 Å². The number of ketones is 1. The molecule has 11 heteroatoms. The molecule has 1 aliphatic heterocycles. The second kappa shape index (κ2) is 13.4. The predicted molar refractivity (Wildman–Crippen MR) is 154 cm³/mol. The van der Waals surface area contributed by atoms with Crippen molar-refractivity contribution in [2.45, 2.75) is 110 Å². The summed E-state index contributed by atoms with van der Waals surface area (Å²) in [5.74, 6) is -2.39. The Hall–Kier alpha value is -2.88. The molecule has 0 aromatic carbocycles. The molecular formula is C30H44ClN3O7. The van der Waals surface area contributed by atoms with Crippen LogP contribution in [0.3, 0.4) is 0 Å². The van der Waals surface area contributed by atoms with Crippen LogP contribution in [0, 0.1) is 17.3 Å². The molecule has 0 unspecified atom stereocenters. The minimum atomic E-state index is -1.14. The monoisotopic (exact) mass is 593 g/mol. The van der Waals surface area contributed by atoms with Gasteiger partial charge in [0.25, 0.3) is 0 Å². The van der Waals surface area contributed by atoms with E-state index in [0.29, 0.717) is 5.02 Å². The van der Waals surface area contributed by atoms with Crippen molar-refractivity contribution in [1.29, 1.82) is 0 Å². The maximum absolute atomic E-state index is 14.0. The van der Waals surface area contributed by atoms with E-state index in [1.54, 1.807) is 32.9 Å². The summed E-state index contributed by atoms with van der Waals surface area (Å²) in [5, 5.41) is 13.2. The third-order valence-electron chi connectivity index (χ3n) is 7.71. The fraction of sp³-hybridized carbons (Fsp3) is 0.700. The van der Waals surface area contributed by atoms with E-state index in [-0.39, 0.29) is 37.0 Å². The number of hydrogen-bond acceptors (Lipinski definition) is 7. The van der Waals surface area contributed by atoms with Crippen molar-refractivity contribution in [3.8, 4) is 5.88 Å². The molecule has 1 saturated carbocycles. The number of hydrogen-bond donors (Lipinski definition) is 2. The van der Waals surface area contributed by atoms with Crippen LogP contribution in [0.1, 0.15) is 86.5 Å². The molecular weight excluding hydrogens is 550 g/mol. The highest BCUT2D eigenvalue weighted by Gasteiger charge is 2.46. The largest absolute Gasteiger partial charge is 0.480 e. The Balaban J connectivity index is 1.81. The Morgan fingerprint density at radius 3 is 2.29 bits per heavy atom. The van der Waals surface area contributed by atoms with Crippen LogP contribution < -0.4 is 10.1 Å². The van der Waals surface area contributed by atoms with Gasteiger partial charge in [-0.1, -0.05) is 51.6 Å². The number of ether oxygens (including phenoxy) is 2. The van der Waals surface area contributed by atoms with Crippen molar-refractivity contribution in [2.75, 3.05) is 6.54 Å². The van der Waals surface area contributed by atoms with Crippen molar-refractivity contribution in [3.05, 3.63) is 23.4 Å². The molecule has 3 rings (SSSR count). The third kappa shape index (κ3) is 9.31. The highest BCUT2D eigenvalue weighted by Crippen LogP contribution is 2.36. The molecule has 1 aliphatic carbocycles. The van der Waals surface area contributed by atoms with E-state index in [1.807, 2.05) is 20.8 Å². The zero-order valence-electron chi connectivity index (χ0n) is 24.9. The minimum absolute atomic E-state index is 0.0447. The molecule has 1 aromatic rings. The number of nitrogens with zero attached hydrogens (tertiary/aromatic N) is 2. The van der Waals surface area contributed by atoms with Crippen LogP contribution in [-0.4, -0.2) is 69.1 Å². The van der Waals surface area contributed by atoms with Crippen molar-refractivity contribution >= 4 is 35.4 Å². The highest BCUT2D eigenvalue weighted by atomic mass is 35.5. The number of pyridine rings is 1. The number of carboxylic acids is 1. The average molecular weight is 594 g/mol. The molecule has 2 N–H and O–H groups in total. The first-order chi connectivity index (χ1) is 19.0. The molecule has 10 nitrogen and oxygen atoms in total. The summed E-state index contributed by atoms with van der Waals surface area (Å²) in [4.78, 5) is 58.2. The molecule has 0 bridgehead atoms. The van der Waals surface area contributed by atoms with E-state index in [4.69, 9.17) is 21.1 Å². The molecule has 1 aromatic heterocycles. The number of rotatable bonds is 9. The number of carboxylic acid groups (broad SMARTS) is 1. The standard InChI is InChI=1S/C30H44ClN3O7/c1-29(2,3)21(15-23(35)25(18-10-8-7-9-11-18)33-28(39)41-30(4,5)6)26(36)34-17-20(14-22(34)27(37)38)40-24-13-12-19(31)16-32-24/h12-13,16,18,20-22,25H,7-11,14-15,17H2,1-6H3,(H,33,39)(H,37,38)/t20-,21-,22+,25+/m1/s1. The smallest absolute Gasteiger partial charge is 0.408 e. The average Bonchev–Trinajstić information content (AvgIpc) is 3.30. The normalized spacial score (nSPS) is 21.6. The van der Waals surface area contributed by atoms with E-state index < -0.39 is 53.1 Å². The zero-order valence-corrected chi connectivity index (χ0v) is 25.7. The van der Waals surface area contributed by atoms with Crippen LogP contribution in [0.5, 0.6) is 5.88 Å². The summed E-state index contributed by atoms with van der Waals surface area (Å²) >= 11 is 5.90. The summed E-state index contributed by atoms with van der Waals surface area (Å²) in [6.07, 6.45) is 4.72. The van der Waals surface area contributed by atoms with Gasteiger partial charge in [-0.25, -0.2) is 14.6 Å². The van der Waals surface area contributed by atoms with Crippen molar-refractivity contribution in [2.24, 2.45) is 17.3 Å². The van der Waals surface area contributed by atoms with Gasteiger partial charge in [-0.2, -0.15) is 0 Å². The van der Waals surface area contributed by atoms with Gasteiger partial charge in [0.1, 0.15) is 17.7 Å². The van der Waals surface area contributed by atoms with Gasteiger partial charge in [0.15, 0.2) is 5.78 Å². The second-order valence-corrected chi connectivity index (χ2v) is 13.7. The number of Topliss-reactive ketones (excluding diaryl/α,β-unsaturated/α-hetero) is 1.